The van der Waals surface area contributed by atoms with Crippen molar-refractivity contribution in [3.05, 3.63) is 42.1 Å². The van der Waals surface area contributed by atoms with Gasteiger partial charge in [0, 0.05) is 19.6 Å². The van der Waals surface area contributed by atoms with Crippen molar-refractivity contribution < 1.29 is 19.1 Å². The summed E-state index contributed by atoms with van der Waals surface area (Å²) in [6.45, 7) is 2.88. The topological polar surface area (TPSA) is 172 Å². The van der Waals surface area contributed by atoms with Crippen LogP contribution in [0.1, 0.15) is 18.9 Å². The van der Waals surface area contributed by atoms with Gasteiger partial charge in [-0.15, -0.1) is 0 Å². The van der Waals surface area contributed by atoms with Gasteiger partial charge in [0.1, 0.15) is 24.6 Å². The van der Waals surface area contributed by atoms with Crippen LogP contribution in [-0.2, 0) is 16.1 Å². The summed E-state index contributed by atoms with van der Waals surface area (Å²) < 4.78 is 5.30. The number of alkyl carbamates (subject to hydrolysis) is 1. The van der Waals surface area contributed by atoms with Gasteiger partial charge in [0.25, 0.3) is 0 Å². The molecular formula is C20H28N8O4. The average molecular weight is 444 g/mol. The van der Waals surface area contributed by atoms with Crippen molar-refractivity contribution in [2.75, 3.05) is 30.3 Å². The average Bonchev–Trinajstić information content (AvgIpc) is 3.23. The minimum atomic E-state index is -0.832. The first-order valence-electron chi connectivity index (χ1n) is 10.3. The third-order valence-corrected chi connectivity index (χ3v) is 5.06. The molecule has 0 aliphatic carbocycles. The molecule has 4 amide bonds. The number of hydrogen-bond donors (Lipinski definition) is 5. The van der Waals surface area contributed by atoms with Crippen molar-refractivity contribution in [3.8, 4) is 0 Å². The minimum Gasteiger partial charge on any atom is -0.445 e. The Balaban J connectivity index is 1.79. The molecule has 0 radical (unpaired) electrons. The molecule has 3 rings (SSSR count). The predicted molar refractivity (Wildman–Crippen MR) is 117 cm³/mol. The number of anilines is 2. The highest BCUT2D eigenvalue weighted by Crippen LogP contribution is 2.20. The van der Waals surface area contributed by atoms with Crippen molar-refractivity contribution in [2.45, 2.75) is 32.2 Å². The molecule has 2 atom stereocenters. The number of carbonyl (C=O) groups excluding carboxylic acids is 3. The summed E-state index contributed by atoms with van der Waals surface area (Å²) in [6.07, 6.45) is 0.235. The summed E-state index contributed by atoms with van der Waals surface area (Å²) in [7, 11) is 0. The van der Waals surface area contributed by atoms with E-state index in [0.29, 0.717) is 13.0 Å². The number of urea groups is 1. The Morgan fingerprint density at radius 2 is 2.09 bits per heavy atom. The Morgan fingerprint density at radius 1 is 1.34 bits per heavy atom. The number of H-pyrrole nitrogens is 1. The van der Waals surface area contributed by atoms with Crippen molar-refractivity contribution >= 4 is 29.8 Å². The van der Waals surface area contributed by atoms with Crippen LogP contribution in [0.3, 0.4) is 0 Å². The summed E-state index contributed by atoms with van der Waals surface area (Å²) >= 11 is 0. The molecule has 32 heavy (non-hydrogen) atoms. The number of nitrogen functional groups attached to an aromatic ring is 1. The number of imidazole rings is 1. The lowest BCUT2D eigenvalue weighted by molar-refractivity contribution is -0.122. The zero-order chi connectivity index (χ0) is 23.1. The molecule has 172 valence electrons. The fourth-order valence-corrected chi connectivity index (χ4v) is 3.43. The van der Waals surface area contributed by atoms with Crippen LogP contribution in [0, 0.1) is 0 Å². The smallest absolute Gasteiger partial charge is 0.409 e. The van der Waals surface area contributed by atoms with Crippen molar-refractivity contribution in [3.63, 3.8) is 0 Å². The second-order valence-electron chi connectivity index (χ2n) is 7.25. The number of piperazine rings is 1. The van der Waals surface area contributed by atoms with E-state index in [2.05, 4.69) is 20.6 Å². The van der Waals surface area contributed by atoms with E-state index in [9.17, 15) is 14.4 Å². The maximum atomic E-state index is 13.5. The van der Waals surface area contributed by atoms with Gasteiger partial charge in [0.15, 0.2) is 5.95 Å². The van der Waals surface area contributed by atoms with Gasteiger partial charge in [-0.3, -0.25) is 9.69 Å². The van der Waals surface area contributed by atoms with Gasteiger partial charge in [-0.1, -0.05) is 37.3 Å². The number of nitrogens with two attached hydrogens (primary N) is 2. The van der Waals surface area contributed by atoms with Crippen LogP contribution in [0.15, 0.2) is 36.5 Å². The number of benzene rings is 1. The molecule has 0 bridgehead atoms. The van der Waals surface area contributed by atoms with Crippen LogP contribution in [-0.4, -0.2) is 64.7 Å². The standard InChI is InChI=1S/C20H28N8O4/c1-2-15(26-19(30)32-12-13-6-4-3-5-7-13)28(16-11-24-18(22)25-16)20(31)27-9-8-23-10-14(27)17(21)29/h3-7,11,14-15,23H,2,8-10,12H2,1H3,(H2,21,29)(H,26,30)(H3,22,24,25). The monoisotopic (exact) mass is 444 g/mol. The molecular weight excluding hydrogens is 416 g/mol. The Morgan fingerprint density at radius 3 is 2.72 bits per heavy atom. The van der Waals surface area contributed by atoms with E-state index in [1.807, 2.05) is 30.3 Å². The Hall–Kier alpha value is -3.80. The Bertz CT molecular complexity index is 935. The number of primary amides is 1. The molecule has 7 N–H and O–H groups in total. The van der Waals surface area contributed by atoms with Gasteiger partial charge in [0.05, 0.1) is 6.20 Å². The van der Waals surface area contributed by atoms with E-state index < -0.39 is 30.2 Å². The molecule has 2 unspecified atom stereocenters. The number of amides is 4. The summed E-state index contributed by atoms with van der Waals surface area (Å²) in [6, 6.07) is 7.88. The van der Waals surface area contributed by atoms with Crippen LogP contribution >= 0.6 is 0 Å². The molecule has 1 aliphatic rings. The molecule has 12 nitrogen and oxygen atoms in total. The molecule has 2 heterocycles. The molecule has 1 aliphatic heterocycles. The van der Waals surface area contributed by atoms with E-state index >= 15 is 0 Å². The van der Waals surface area contributed by atoms with Crippen LogP contribution in [0.5, 0.6) is 0 Å². The predicted octanol–water partition coefficient (Wildman–Crippen LogP) is 0.340. The number of hydrogen-bond acceptors (Lipinski definition) is 7. The second-order valence-corrected chi connectivity index (χ2v) is 7.25. The molecule has 1 aromatic heterocycles. The summed E-state index contributed by atoms with van der Waals surface area (Å²) in [5, 5.41) is 5.75. The largest absolute Gasteiger partial charge is 0.445 e. The third kappa shape index (κ3) is 5.46. The number of aromatic nitrogens is 2. The number of nitrogens with zero attached hydrogens (tertiary/aromatic N) is 3. The molecule has 2 aromatic rings. The number of rotatable bonds is 7. The van der Waals surface area contributed by atoms with Crippen LogP contribution in [0.25, 0.3) is 0 Å². The van der Waals surface area contributed by atoms with Crippen LogP contribution < -0.4 is 27.0 Å². The number of carbonyl (C=O) groups is 3. The number of ether oxygens (including phenoxy) is 1. The highest BCUT2D eigenvalue weighted by atomic mass is 16.5. The fourth-order valence-electron chi connectivity index (χ4n) is 3.43. The zero-order valence-corrected chi connectivity index (χ0v) is 17.8. The number of aromatic amines is 1. The first-order chi connectivity index (χ1) is 15.4. The maximum absolute atomic E-state index is 13.5. The molecule has 1 saturated heterocycles. The maximum Gasteiger partial charge on any atom is 0.409 e. The number of nitrogens with one attached hydrogen (secondary N) is 3. The van der Waals surface area contributed by atoms with E-state index in [0.717, 1.165) is 5.56 Å². The molecule has 0 spiro atoms. The van der Waals surface area contributed by atoms with Gasteiger partial charge in [-0.25, -0.2) is 14.6 Å². The van der Waals surface area contributed by atoms with E-state index in [1.54, 1.807) is 6.92 Å². The first kappa shape index (κ1) is 22.9. The van der Waals surface area contributed by atoms with Crippen molar-refractivity contribution in [2.24, 2.45) is 5.73 Å². The molecule has 0 saturated carbocycles. The highest BCUT2D eigenvalue weighted by Gasteiger charge is 2.37. The molecule has 1 aromatic carbocycles. The van der Waals surface area contributed by atoms with Crippen LogP contribution in [0.2, 0.25) is 0 Å². The highest BCUT2D eigenvalue weighted by molar-refractivity contribution is 5.95. The van der Waals surface area contributed by atoms with Gasteiger partial charge in [-0.05, 0) is 12.0 Å². The van der Waals surface area contributed by atoms with Gasteiger partial charge in [-0.2, -0.15) is 0 Å². The van der Waals surface area contributed by atoms with Crippen molar-refractivity contribution in [1.29, 1.82) is 0 Å². The SMILES string of the molecule is CCC(NC(=O)OCc1ccccc1)N(C(=O)N1CCNCC1C(N)=O)c1cnc(N)[nH]1. The third-order valence-electron chi connectivity index (χ3n) is 5.06. The molecule has 12 heteroatoms. The van der Waals surface area contributed by atoms with Gasteiger partial charge >= 0.3 is 12.1 Å². The van der Waals surface area contributed by atoms with E-state index in [-0.39, 0.29) is 31.5 Å². The molecule has 1 fully saturated rings. The second kappa shape index (κ2) is 10.5. The lowest BCUT2D eigenvalue weighted by Crippen LogP contribution is -2.64. The normalized spacial score (nSPS) is 16.8. The van der Waals surface area contributed by atoms with Crippen LogP contribution in [0.4, 0.5) is 21.4 Å². The first-order valence-corrected chi connectivity index (χ1v) is 10.3. The lowest BCUT2D eigenvalue weighted by Gasteiger charge is -2.39. The lowest BCUT2D eigenvalue weighted by atomic mass is 10.2. The quantitative estimate of drug-likeness (QED) is 0.383. The Labute approximate surface area is 185 Å². The fraction of sp³-hybridized carbons (Fsp3) is 0.400. The van der Waals surface area contributed by atoms with E-state index in [1.165, 1.54) is 16.0 Å². The minimum absolute atomic E-state index is 0.0790. The summed E-state index contributed by atoms with van der Waals surface area (Å²) in [5.74, 6) is -0.256. The van der Waals surface area contributed by atoms with E-state index in [4.69, 9.17) is 16.2 Å². The van der Waals surface area contributed by atoms with Gasteiger partial charge < -0.3 is 36.7 Å². The Kier molecular flexibility index (Phi) is 7.49. The summed E-state index contributed by atoms with van der Waals surface area (Å²) in [5.41, 5.74) is 12.0. The van der Waals surface area contributed by atoms with Gasteiger partial charge in [0.2, 0.25) is 5.91 Å². The van der Waals surface area contributed by atoms with Crippen molar-refractivity contribution in [1.82, 2.24) is 25.5 Å². The zero-order valence-electron chi connectivity index (χ0n) is 17.8. The summed E-state index contributed by atoms with van der Waals surface area (Å²) in [4.78, 5) is 47.3.